The Labute approximate surface area is 284 Å². The minimum atomic E-state index is 0.662. The second kappa shape index (κ2) is 12.2. The molecule has 0 aliphatic carbocycles. The molecule has 230 valence electrons. The van der Waals surface area contributed by atoms with Gasteiger partial charge in [-0.3, -0.25) is 0 Å². The highest BCUT2D eigenvalue weighted by Gasteiger charge is 2.23. The lowest BCUT2D eigenvalue weighted by Gasteiger charge is -2.19. The third-order valence-corrected chi connectivity index (χ3v) is 9.11. The van der Waals surface area contributed by atoms with Crippen LogP contribution in [-0.2, 0) is 0 Å². The van der Waals surface area contributed by atoms with Gasteiger partial charge in [0.2, 0.25) is 0 Å². The molecule has 0 bridgehead atoms. The van der Waals surface area contributed by atoms with Crippen LogP contribution in [0.25, 0.3) is 89.2 Å². The van der Waals surface area contributed by atoms with Gasteiger partial charge in [0.05, 0.1) is 11.4 Å². The van der Waals surface area contributed by atoms with E-state index in [-0.39, 0.29) is 0 Å². The van der Waals surface area contributed by atoms with E-state index in [1.54, 1.807) is 0 Å². The van der Waals surface area contributed by atoms with Gasteiger partial charge in [-0.2, -0.15) is 0 Å². The van der Waals surface area contributed by atoms with Crippen LogP contribution >= 0.6 is 0 Å². The molecule has 9 aromatic rings. The smallest absolute Gasteiger partial charge is 0.161 e. The number of fused-ring (bicyclic) bond motifs is 3. The van der Waals surface area contributed by atoms with E-state index in [9.17, 15) is 0 Å². The summed E-state index contributed by atoms with van der Waals surface area (Å²) in [6, 6.07) is 63.1. The fraction of sp³-hybridized carbons (Fsp3) is 0. The standard InChI is InChI=1S/C46H30N2O/c1-5-16-31(17-6-1)35-28-39(38-26-15-25-37-36-24-13-14-27-43(36)49-45(37)38)44(34-22-11-4-12-23-34)40(29-35)46-47-41(32-18-7-2-8-19-32)30-42(48-46)33-20-9-3-10-21-33/h1-30H. The van der Waals surface area contributed by atoms with E-state index in [1.165, 1.54) is 0 Å². The zero-order valence-corrected chi connectivity index (χ0v) is 26.6. The molecule has 0 radical (unpaired) electrons. The Balaban J connectivity index is 1.41. The van der Waals surface area contributed by atoms with Gasteiger partial charge in [0.15, 0.2) is 5.82 Å². The third-order valence-electron chi connectivity index (χ3n) is 9.11. The Hall–Kier alpha value is -6.58. The van der Waals surface area contributed by atoms with Crippen LogP contribution in [0.2, 0.25) is 0 Å². The second-order valence-corrected chi connectivity index (χ2v) is 12.2. The molecule has 0 atom stereocenters. The maximum Gasteiger partial charge on any atom is 0.161 e. The lowest BCUT2D eigenvalue weighted by molar-refractivity contribution is 0.670. The molecule has 0 aliphatic rings. The van der Waals surface area contributed by atoms with Crippen molar-refractivity contribution in [1.29, 1.82) is 0 Å². The molecule has 7 aromatic carbocycles. The highest BCUT2D eigenvalue weighted by Crippen LogP contribution is 2.46. The van der Waals surface area contributed by atoms with Crippen LogP contribution < -0.4 is 0 Å². The molecular weight excluding hydrogens is 597 g/mol. The van der Waals surface area contributed by atoms with Gasteiger partial charge in [0, 0.05) is 38.6 Å². The molecule has 2 aromatic heterocycles. The van der Waals surface area contributed by atoms with Gasteiger partial charge in [-0.25, -0.2) is 9.97 Å². The molecule has 0 aliphatic heterocycles. The molecule has 2 heterocycles. The molecule has 0 spiro atoms. The van der Waals surface area contributed by atoms with Crippen molar-refractivity contribution in [2.45, 2.75) is 0 Å². The van der Waals surface area contributed by atoms with E-state index in [1.807, 2.05) is 24.3 Å². The average molecular weight is 627 g/mol. The van der Waals surface area contributed by atoms with Crippen molar-refractivity contribution < 1.29 is 4.42 Å². The minimum Gasteiger partial charge on any atom is -0.455 e. The first-order valence-electron chi connectivity index (χ1n) is 16.5. The first-order valence-corrected chi connectivity index (χ1v) is 16.5. The fourth-order valence-electron chi connectivity index (χ4n) is 6.78. The summed E-state index contributed by atoms with van der Waals surface area (Å²) in [6.07, 6.45) is 0. The van der Waals surface area contributed by atoms with Crippen LogP contribution in [0.3, 0.4) is 0 Å². The second-order valence-electron chi connectivity index (χ2n) is 12.2. The van der Waals surface area contributed by atoms with Crippen LogP contribution in [0.15, 0.2) is 186 Å². The normalized spacial score (nSPS) is 11.3. The summed E-state index contributed by atoms with van der Waals surface area (Å²) in [5, 5.41) is 2.19. The van der Waals surface area contributed by atoms with Crippen molar-refractivity contribution >= 4 is 21.9 Å². The van der Waals surface area contributed by atoms with Gasteiger partial charge in [-0.1, -0.05) is 158 Å². The predicted octanol–water partition coefficient (Wildman–Crippen LogP) is 12.4. The summed E-state index contributed by atoms with van der Waals surface area (Å²) in [6.45, 7) is 0. The van der Waals surface area contributed by atoms with Crippen LogP contribution in [0.1, 0.15) is 0 Å². The Morgan fingerprint density at radius 3 is 1.49 bits per heavy atom. The maximum absolute atomic E-state index is 6.64. The van der Waals surface area contributed by atoms with Crippen molar-refractivity contribution in [2.75, 3.05) is 0 Å². The van der Waals surface area contributed by atoms with Crippen molar-refractivity contribution in [3.05, 3.63) is 182 Å². The lowest BCUT2D eigenvalue weighted by atomic mass is 9.86. The largest absolute Gasteiger partial charge is 0.455 e. The number of hydrogen-bond acceptors (Lipinski definition) is 3. The number of hydrogen-bond donors (Lipinski definition) is 0. The molecule has 0 saturated heterocycles. The predicted molar refractivity (Wildman–Crippen MR) is 202 cm³/mol. The van der Waals surface area contributed by atoms with Crippen molar-refractivity contribution in [1.82, 2.24) is 9.97 Å². The van der Waals surface area contributed by atoms with Gasteiger partial charge in [-0.05, 0) is 46.5 Å². The summed E-state index contributed by atoms with van der Waals surface area (Å²) in [4.78, 5) is 10.6. The fourth-order valence-corrected chi connectivity index (χ4v) is 6.78. The first-order chi connectivity index (χ1) is 24.3. The molecule has 49 heavy (non-hydrogen) atoms. The molecule has 0 saturated carbocycles. The number of aromatic nitrogens is 2. The average Bonchev–Trinajstić information content (AvgIpc) is 3.58. The molecule has 0 N–H and O–H groups in total. The zero-order chi connectivity index (χ0) is 32.6. The summed E-state index contributed by atoms with van der Waals surface area (Å²) < 4.78 is 6.64. The molecule has 0 amide bonds. The number of nitrogens with zero attached hydrogens (tertiary/aromatic N) is 2. The van der Waals surface area contributed by atoms with E-state index in [0.717, 1.165) is 83.4 Å². The van der Waals surface area contributed by atoms with Gasteiger partial charge < -0.3 is 4.42 Å². The summed E-state index contributed by atoms with van der Waals surface area (Å²) in [5.41, 5.74) is 12.9. The highest BCUT2D eigenvalue weighted by molar-refractivity contribution is 6.11. The maximum atomic E-state index is 6.64. The number of para-hydroxylation sites is 2. The molecule has 3 nitrogen and oxygen atoms in total. The molecule has 0 fully saturated rings. The summed E-state index contributed by atoms with van der Waals surface area (Å²) in [7, 11) is 0. The van der Waals surface area contributed by atoms with Crippen molar-refractivity contribution in [2.24, 2.45) is 0 Å². The van der Waals surface area contributed by atoms with Gasteiger partial charge in [-0.15, -0.1) is 0 Å². The van der Waals surface area contributed by atoms with E-state index < -0.39 is 0 Å². The quantitative estimate of drug-likeness (QED) is 0.184. The van der Waals surface area contributed by atoms with Crippen LogP contribution in [0.4, 0.5) is 0 Å². The number of rotatable bonds is 6. The molecule has 3 heteroatoms. The van der Waals surface area contributed by atoms with Gasteiger partial charge in [0.1, 0.15) is 11.2 Å². The summed E-state index contributed by atoms with van der Waals surface area (Å²) >= 11 is 0. The van der Waals surface area contributed by atoms with Gasteiger partial charge in [0.25, 0.3) is 0 Å². The van der Waals surface area contributed by atoms with E-state index >= 15 is 0 Å². The monoisotopic (exact) mass is 626 g/mol. The highest BCUT2D eigenvalue weighted by atomic mass is 16.3. The SMILES string of the molecule is c1ccc(-c2cc(-c3nc(-c4ccccc4)cc(-c4ccccc4)n3)c(-c3ccccc3)c(-c3cccc4c3oc3ccccc34)c2)cc1. The molecule has 9 rings (SSSR count). The number of furan rings is 1. The third kappa shape index (κ3) is 5.28. The van der Waals surface area contributed by atoms with Crippen LogP contribution in [0.5, 0.6) is 0 Å². The lowest BCUT2D eigenvalue weighted by Crippen LogP contribution is -1.99. The first kappa shape index (κ1) is 28.6. The Bertz CT molecular complexity index is 2520. The van der Waals surface area contributed by atoms with E-state index in [2.05, 4.69) is 158 Å². The van der Waals surface area contributed by atoms with E-state index in [0.29, 0.717) is 5.82 Å². The molecular formula is C46H30N2O. The molecule has 0 unspecified atom stereocenters. The number of benzene rings is 7. The summed E-state index contributed by atoms with van der Waals surface area (Å²) in [5.74, 6) is 0.662. The Morgan fingerprint density at radius 2 is 0.857 bits per heavy atom. The van der Waals surface area contributed by atoms with Crippen LogP contribution in [-0.4, -0.2) is 9.97 Å². The Kier molecular flexibility index (Phi) is 7.14. The minimum absolute atomic E-state index is 0.662. The van der Waals surface area contributed by atoms with Gasteiger partial charge >= 0.3 is 0 Å². The van der Waals surface area contributed by atoms with Crippen molar-refractivity contribution in [3.8, 4) is 67.3 Å². The zero-order valence-electron chi connectivity index (χ0n) is 26.6. The van der Waals surface area contributed by atoms with Crippen molar-refractivity contribution in [3.63, 3.8) is 0 Å². The Morgan fingerprint density at radius 1 is 0.347 bits per heavy atom. The topological polar surface area (TPSA) is 38.9 Å². The van der Waals surface area contributed by atoms with E-state index in [4.69, 9.17) is 14.4 Å². The van der Waals surface area contributed by atoms with Crippen LogP contribution in [0, 0.1) is 0 Å².